The maximum absolute atomic E-state index is 4.91. The van der Waals surface area contributed by atoms with Crippen LogP contribution in [-0.4, -0.2) is 30.5 Å². The van der Waals surface area contributed by atoms with Crippen LogP contribution in [0, 0.1) is 0 Å². The summed E-state index contributed by atoms with van der Waals surface area (Å²) in [4.78, 5) is 0. The molecule has 0 unspecified atom stereocenters. The van der Waals surface area contributed by atoms with Gasteiger partial charge in [0.2, 0.25) is 0 Å². The van der Waals surface area contributed by atoms with Crippen molar-refractivity contribution >= 4 is 5.82 Å². The van der Waals surface area contributed by atoms with E-state index in [-0.39, 0.29) is 0 Å². The lowest BCUT2D eigenvalue weighted by atomic mass is 10.2. The van der Waals surface area contributed by atoms with E-state index >= 15 is 0 Å². The van der Waals surface area contributed by atoms with Gasteiger partial charge in [0.1, 0.15) is 5.82 Å². The van der Waals surface area contributed by atoms with E-state index in [1.54, 1.807) is 13.3 Å². The molecular formula is C11H21N3O. The molecule has 4 nitrogen and oxygen atoms in total. The van der Waals surface area contributed by atoms with Gasteiger partial charge in [0.05, 0.1) is 12.8 Å². The highest BCUT2D eigenvalue weighted by Crippen LogP contribution is 2.04. The van der Waals surface area contributed by atoms with E-state index in [4.69, 9.17) is 4.74 Å². The highest BCUT2D eigenvalue weighted by atomic mass is 16.5. The van der Waals surface area contributed by atoms with Gasteiger partial charge in [-0.1, -0.05) is 20.8 Å². The number of ether oxygens (including phenoxy) is 1. The highest BCUT2D eigenvalue weighted by molar-refractivity contribution is 5.35. The Morgan fingerprint density at radius 3 is 2.73 bits per heavy atom. The van der Waals surface area contributed by atoms with Gasteiger partial charge in [0.15, 0.2) is 0 Å². The molecular weight excluding hydrogens is 190 g/mol. The highest BCUT2D eigenvalue weighted by Gasteiger charge is 1.95. The average Bonchev–Trinajstić information content (AvgIpc) is 2.32. The third-order valence-corrected chi connectivity index (χ3v) is 1.73. The number of hydrogen-bond donors (Lipinski definition) is 1. The van der Waals surface area contributed by atoms with E-state index in [2.05, 4.69) is 22.4 Å². The zero-order chi connectivity index (χ0) is 11.5. The Balaban J connectivity index is 0.000000921. The second-order valence-corrected chi connectivity index (χ2v) is 2.72. The van der Waals surface area contributed by atoms with Crippen LogP contribution in [0.1, 0.15) is 26.3 Å². The van der Waals surface area contributed by atoms with Crippen LogP contribution in [0.2, 0.25) is 0 Å². The van der Waals surface area contributed by atoms with E-state index < -0.39 is 0 Å². The Hall–Kier alpha value is -1.16. The molecule has 0 fully saturated rings. The Labute approximate surface area is 92.1 Å². The van der Waals surface area contributed by atoms with Crippen LogP contribution in [-0.2, 0) is 11.2 Å². The molecule has 0 spiro atoms. The number of aryl methyl sites for hydroxylation is 1. The van der Waals surface area contributed by atoms with E-state index in [1.165, 1.54) is 5.56 Å². The summed E-state index contributed by atoms with van der Waals surface area (Å²) >= 11 is 0. The number of nitrogens with zero attached hydrogens (tertiary/aromatic N) is 2. The molecule has 0 saturated carbocycles. The molecule has 1 rings (SSSR count). The summed E-state index contributed by atoms with van der Waals surface area (Å²) in [5.74, 6) is 0.816. The lowest BCUT2D eigenvalue weighted by molar-refractivity contribution is 0.210. The molecule has 15 heavy (non-hydrogen) atoms. The van der Waals surface area contributed by atoms with Crippen LogP contribution in [0.25, 0.3) is 0 Å². The Kier molecular flexibility index (Phi) is 8.67. The number of nitrogens with one attached hydrogen (secondary N) is 1. The first-order valence-electron chi connectivity index (χ1n) is 5.41. The summed E-state index contributed by atoms with van der Waals surface area (Å²) in [6, 6.07) is 2.00. The van der Waals surface area contributed by atoms with E-state index in [0.717, 1.165) is 18.8 Å². The molecule has 0 saturated heterocycles. The fourth-order valence-electron chi connectivity index (χ4n) is 0.968. The SMILES string of the molecule is CC.CCc1cnnc(NCCOC)c1. The summed E-state index contributed by atoms with van der Waals surface area (Å²) < 4.78 is 4.91. The molecule has 0 bridgehead atoms. The van der Waals surface area contributed by atoms with Gasteiger partial charge in [-0.3, -0.25) is 0 Å². The minimum atomic E-state index is 0.679. The second kappa shape index (κ2) is 9.40. The molecule has 0 aliphatic heterocycles. The Morgan fingerprint density at radius 1 is 1.40 bits per heavy atom. The maximum atomic E-state index is 4.91. The van der Waals surface area contributed by atoms with Crippen molar-refractivity contribution in [3.8, 4) is 0 Å². The van der Waals surface area contributed by atoms with Crippen LogP contribution in [0.4, 0.5) is 5.82 Å². The molecule has 0 aromatic carbocycles. The molecule has 0 radical (unpaired) electrons. The lowest BCUT2D eigenvalue weighted by Crippen LogP contribution is -2.09. The molecule has 4 heteroatoms. The number of hydrogen-bond acceptors (Lipinski definition) is 4. The molecule has 0 amide bonds. The van der Waals surface area contributed by atoms with Crippen LogP contribution >= 0.6 is 0 Å². The van der Waals surface area contributed by atoms with Crippen LogP contribution in [0.5, 0.6) is 0 Å². The van der Waals surface area contributed by atoms with Gasteiger partial charge in [-0.05, 0) is 18.1 Å². The number of rotatable bonds is 5. The summed E-state index contributed by atoms with van der Waals surface area (Å²) in [5.41, 5.74) is 1.19. The fourth-order valence-corrected chi connectivity index (χ4v) is 0.968. The van der Waals surface area contributed by atoms with Crippen molar-refractivity contribution in [1.29, 1.82) is 0 Å². The normalized spacial score (nSPS) is 9.07. The average molecular weight is 211 g/mol. The monoisotopic (exact) mass is 211 g/mol. The van der Waals surface area contributed by atoms with Gasteiger partial charge in [-0.15, -0.1) is 5.10 Å². The number of anilines is 1. The third-order valence-electron chi connectivity index (χ3n) is 1.73. The van der Waals surface area contributed by atoms with Crippen LogP contribution < -0.4 is 5.32 Å². The van der Waals surface area contributed by atoms with Gasteiger partial charge >= 0.3 is 0 Å². The molecule has 1 aromatic heterocycles. The quantitative estimate of drug-likeness (QED) is 0.758. The molecule has 86 valence electrons. The lowest BCUT2D eigenvalue weighted by Gasteiger charge is -2.04. The van der Waals surface area contributed by atoms with Gasteiger partial charge in [0.25, 0.3) is 0 Å². The predicted octanol–water partition coefficient (Wildman–Crippen LogP) is 2.12. The first kappa shape index (κ1) is 13.8. The van der Waals surface area contributed by atoms with Gasteiger partial charge in [0, 0.05) is 13.7 Å². The predicted molar refractivity (Wildman–Crippen MR) is 63.1 cm³/mol. The topological polar surface area (TPSA) is 47.0 Å². The smallest absolute Gasteiger partial charge is 0.148 e. The van der Waals surface area contributed by atoms with Gasteiger partial charge in [-0.2, -0.15) is 5.10 Å². The molecule has 0 aliphatic rings. The van der Waals surface area contributed by atoms with Crippen molar-refractivity contribution in [3.05, 3.63) is 17.8 Å². The van der Waals surface area contributed by atoms with E-state index in [9.17, 15) is 0 Å². The fraction of sp³-hybridized carbons (Fsp3) is 0.636. The van der Waals surface area contributed by atoms with Gasteiger partial charge in [-0.25, -0.2) is 0 Å². The zero-order valence-electron chi connectivity index (χ0n) is 10.1. The molecule has 0 aliphatic carbocycles. The van der Waals surface area contributed by atoms with Crippen LogP contribution in [0.3, 0.4) is 0 Å². The van der Waals surface area contributed by atoms with Crippen molar-refractivity contribution in [2.45, 2.75) is 27.2 Å². The largest absolute Gasteiger partial charge is 0.383 e. The van der Waals surface area contributed by atoms with Crippen molar-refractivity contribution < 1.29 is 4.74 Å². The first-order chi connectivity index (χ1) is 7.36. The summed E-state index contributed by atoms with van der Waals surface area (Å²) in [6.07, 6.45) is 2.76. The van der Waals surface area contributed by atoms with Crippen molar-refractivity contribution in [2.75, 3.05) is 25.6 Å². The molecule has 1 N–H and O–H groups in total. The molecule has 0 atom stereocenters. The van der Waals surface area contributed by atoms with E-state index in [0.29, 0.717) is 6.61 Å². The Morgan fingerprint density at radius 2 is 2.13 bits per heavy atom. The molecule has 1 aromatic rings. The van der Waals surface area contributed by atoms with Crippen molar-refractivity contribution in [1.82, 2.24) is 10.2 Å². The van der Waals surface area contributed by atoms with E-state index in [1.807, 2.05) is 19.9 Å². The third kappa shape index (κ3) is 6.01. The summed E-state index contributed by atoms with van der Waals surface area (Å²) in [6.45, 7) is 7.53. The number of aromatic nitrogens is 2. The van der Waals surface area contributed by atoms with Gasteiger partial charge < -0.3 is 10.1 Å². The number of methoxy groups -OCH3 is 1. The van der Waals surface area contributed by atoms with Crippen molar-refractivity contribution in [3.63, 3.8) is 0 Å². The van der Waals surface area contributed by atoms with Crippen LogP contribution in [0.15, 0.2) is 12.3 Å². The minimum Gasteiger partial charge on any atom is -0.383 e. The minimum absolute atomic E-state index is 0.679. The second-order valence-electron chi connectivity index (χ2n) is 2.72. The Bertz CT molecular complexity index is 253. The molecule has 1 heterocycles. The summed E-state index contributed by atoms with van der Waals surface area (Å²) in [5, 5.41) is 10.9. The van der Waals surface area contributed by atoms with Crippen molar-refractivity contribution in [2.24, 2.45) is 0 Å². The summed E-state index contributed by atoms with van der Waals surface area (Å²) in [7, 11) is 1.68. The maximum Gasteiger partial charge on any atom is 0.148 e. The standard InChI is InChI=1S/C9H15N3O.C2H6/c1-3-8-6-9(12-11-7-8)10-4-5-13-2;1-2/h6-7H,3-5H2,1-2H3,(H,10,12);1-2H3. The first-order valence-corrected chi connectivity index (χ1v) is 5.41. The zero-order valence-corrected chi connectivity index (χ0v) is 10.1.